The van der Waals surface area contributed by atoms with Gasteiger partial charge in [-0.15, -0.1) is 0 Å². The van der Waals surface area contributed by atoms with E-state index in [1.807, 2.05) is 26.8 Å². The molecule has 1 unspecified atom stereocenters. The number of rotatable bonds is 5. The Labute approximate surface area is 122 Å². The minimum atomic E-state index is -0.195. The summed E-state index contributed by atoms with van der Waals surface area (Å²) in [5.41, 5.74) is 1.67. The van der Waals surface area contributed by atoms with Crippen LogP contribution < -0.4 is 5.32 Å². The third-order valence-electron chi connectivity index (χ3n) is 3.20. The lowest BCUT2D eigenvalue weighted by atomic mass is 10.1. The highest BCUT2D eigenvalue weighted by molar-refractivity contribution is 6.31. The first-order valence-electron chi connectivity index (χ1n) is 6.48. The Bertz CT molecular complexity index is 590. The molecule has 2 heterocycles. The Balaban J connectivity index is 1.92. The molecule has 0 radical (unpaired) electrons. The Morgan fingerprint density at radius 2 is 2.30 bits per heavy atom. The predicted molar refractivity (Wildman–Crippen MR) is 76.4 cm³/mol. The molecule has 0 saturated carbocycles. The standard InChI is InChI=1S/C14H18ClN3O2/c1-9(8-18-11(3)13(15)10(2)17-18)14(19)16-7-12-5-4-6-20-12/h4-6,9H,7-8H2,1-3H3,(H,16,19). The first-order valence-corrected chi connectivity index (χ1v) is 6.86. The zero-order chi connectivity index (χ0) is 14.7. The van der Waals surface area contributed by atoms with Crippen molar-refractivity contribution in [3.05, 3.63) is 40.6 Å². The van der Waals surface area contributed by atoms with Crippen LogP contribution in [0.3, 0.4) is 0 Å². The molecule has 0 bridgehead atoms. The second-order valence-electron chi connectivity index (χ2n) is 4.87. The number of hydrogen-bond acceptors (Lipinski definition) is 3. The maximum atomic E-state index is 12.0. The van der Waals surface area contributed by atoms with E-state index in [2.05, 4.69) is 10.4 Å². The van der Waals surface area contributed by atoms with Crippen LogP contribution in [0.15, 0.2) is 22.8 Å². The molecule has 20 heavy (non-hydrogen) atoms. The van der Waals surface area contributed by atoms with Crippen molar-refractivity contribution in [1.82, 2.24) is 15.1 Å². The van der Waals surface area contributed by atoms with Gasteiger partial charge in [-0.2, -0.15) is 5.10 Å². The fraction of sp³-hybridized carbons (Fsp3) is 0.429. The highest BCUT2D eigenvalue weighted by atomic mass is 35.5. The van der Waals surface area contributed by atoms with Gasteiger partial charge in [-0.3, -0.25) is 9.48 Å². The van der Waals surface area contributed by atoms with Crippen LogP contribution in [-0.4, -0.2) is 15.7 Å². The first-order chi connectivity index (χ1) is 9.49. The van der Waals surface area contributed by atoms with Crippen LogP contribution in [0.4, 0.5) is 0 Å². The van der Waals surface area contributed by atoms with Crippen molar-refractivity contribution in [3.8, 4) is 0 Å². The summed E-state index contributed by atoms with van der Waals surface area (Å²) >= 11 is 6.09. The monoisotopic (exact) mass is 295 g/mol. The fourth-order valence-electron chi connectivity index (χ4n) is 1.96. The molecule has 0 aliphatic rings. The van der Waals surface area contributed by atoms with Crippen LogP contribution in [0.25, 0.3) is 0 Å². The molecule has 0 saturated heterocycles. The number of hydrogen-bond donors (Lipinski definition) is 1. The fourth-order valence-corrected chi connectivity index (χ4v) is 2.09. The lowest BCUT2D eigenvalue weighted by molar-refractivity contribution is -0.125. The number of furan rings is 1. The largest absolute Gasteiger partial charge is 0.467 e. The summed E-state index contributed by atoms with van der Waals surface area (Å²) in [5, 5.41) is 7.83. The normalized spacial score (nSPS) is 12.4. The van der Waals surface area contributed by atoms with Crippen LogP contribution in [0.1, 0.15) is 24.1 Å². The SMILES string of the molecule is Cc1nn(CC(C)C(=O)NCc2ccco2)c(C)c1Cl. The molecule has 1 N–H and O–H groups in total. The maximum Gasteiger partial charge on any atom is 0.225 e. The van der Waals surface area contributed by atoms with Crippen molar-refractivity contribution in [3.63, 3.8) is 0 Å². The Kier molecular flexibility index (Phi) is 4.49. The van der Waals surface area contributed by atoms with E-state index in [4.69, 9.17) is 16.0 Å². The van der Waals surface area contributed by atoms with Gasteiger partial charge in [0, 0.05) is 0 Å². The van der Waals surface area contributed by atoms with Crippen molar-refractivity contribution < 1.29 is 9.21 Å². The van der Waals surface area contributed by atoms with E-state index in [0.29, 0.717) is 18.1 Å². The summed E-state index contributed by atoms with van der Waals surface area (Å²) in [6, 6.07) is 3.62. The van der Waals surface area contributed by atoms with Gasteiger partial charge in [-0.1, -0.05) is 18.5 Å². The molecule has 5 nitrogen and oxygen atoms in total. The number of nitrogens with zero attached hydrogens (tertiary/aromatic N) is 2. The molecular weight excluding hydrogens is 278 g/mol. The molecule has 0 aromatic carbocycles. The molecule has 2 aromatic rings. The Hall–Kier alpha value is -1.75. The van der Waals surface area contributed by atoms with Crippen LogP contribution in [0.2, 0.25) is 5.02 Å². The molecule has 0 aliphatic heterocycles. The zero-order valence-electron chi connectivity index (χ0n) is 11.8. The number of carbonyl (C=O) groups excluding carboxylic acids is 1. The average molecular weight is 296 g/mol. The van der Waals surface area contributed by atoms with Crippen molar-refractivity contribution in [2.75, 3.05) is 0 Å². The zero-order valence-corrected chi connectivity index (χ0v) is 12.6. The van der Waals surface area contributed by atoms with Gasteiger partial charge in [0.2, 0.25) is 5.91 Å². The predicted octanol–water partition coefficient (Wildman–Crippen LogP) is 2.70. The lowest BCUT2D eigenvalue weighted by Gasteiger charge is -2.12. The summed E-state index contributed by atoms with van der Waals surface area (Å²) in [6.07, 6.45) is 1.59. The van der Waals surface area contributed by atoms with Gasteiger partial charge in [-0.05, 0) is 26.0 Å². The molecule has 1 amide bonds. The molecule has 2 aromatic heterocycles. The number of halogens is 1. The second-order valence-corrected chi connectivity index (χ2v) is 5.24. The minimum absolute atomic E-state index is 0.0370. The smallest absolute Gasteiger partial charge is 0.225 e. The van der Waals surface area contributed by atoms with E-state index in [-0.39, 0.29) is 11.8 Å². The molecule has 0 fully saturated rings. The quantitative estimate of drug-likeness (QED) is 0.922. The summed E-state index contributed by atoms with van der Waals surface area (Å²) in [6.45, 7) is 6.52. The van der Waals surface area contributed by atoms with Crippen LogP contribution in [0.5, 0.6) is 0 Å². The molecule has 0 aliphatic carbocycles. The number of amides is 1. The van der Waals surface area contributed by atoms with Gasteiger partial charge >= 0.3 is 0 Å². The lowest BCUT2D eigenvalue weighted by Crippen LogP contribution is -2.31. The topological polar surface area (TPSA) is 60.1 Å². The van der Waals surface area contributed by atoms with E-state index < -0.39 is 0 Å². The van der Waals surface area contributed by atoms with Crippen molar-refractivity contribution >= 4 is 17.5 Å². The first kappa shape index (κ1) is 14.7. The molecule has 108 valence electrons. The van der Waals surface area contributed by atoms with E-state index in [1.165, 1.54) is 0 Å². The summed E-state index contributed by atoms with van der Waals surface area (Å²) < 4.78 is 6.94. The van der Waals surface area contributed by atoms with Crippen LogP contribution in [0, 0.1) is 19.8 Å². The van der Waals surface area contributed by atoms with Gasteiger partial charge in [0.25, 0.3) is 0 Å². The molecule has 2 rings (SSSR count). The summed E-state index contributed by atoms with van der Waals surface area (Å²) in [4.78, 5) is 12.0. The van der Waals surface area contributed by atoms with Crippen molar-refractivity contribution in [2.45, 2.75) is 33.9 Å². The third-order valence-corrected chi connectivity index (χ3v) is 3.75. The highest BCUT2D eigenvalue weighted by Crippen LogP contribution is 2.19. The van der Waals surface area contributed by atoms with Crippen molar-refractivity contribution in [1.29, 1.82) is 0 Å². The van der Waals surface area contributed by atoms with Crippen LogP contribution >= 0.6 is 11.6 Å². The Morgan fingerprint density at radius 3 is 2.85 bits per heavy atom. The average Bonchev–Trinajstić information content (AvgIpc) is 3.02. The molecule has 6 heteroatoms. The molecular formula is C14H18ClN3O2. The van der Waals surface area contributed by atoms with E-state index >= 15 is 0 Å². The maximum absolute atomic E-state index is 12.0. The minimum Gasteiger partial charge on any atom is -0.467 e. The van der Waals surface area contributed by atoms with Gasteiger partial charge in [0.15, 0.2) is 0 Å². The number of nitrogens with one attached hydrogen (secondary N) is 1. The molecule has 0 spiro atoms. The van der Waals surface area contributed by atoms with Gasteiger partial charge < -0.3 is 9.73 Å². The third kappa shape index (κ3) is 3.22. The van der Waals surface area contributed by atoms with E-state index in [1.54, 1.807) is 17.0 Å². The van der Waals surface area contributed by atoms with E-state index in [9.17, 15) is 4.79 Å². The highest BCUT2D eigenvalue weighted by Gasteiger charge is 2.17. The number of aromatic nitrogens is 2. The van der Waals surface area contributed by atoms with Gasteiger partial charge in [0.05, 0.1) is 41.7 Å². The summed E-state index contributed by atoms with van der Waals surface area (Å²) in [5.74, 6) is 0.504. The Morgan fingerprint density at radius 1 is 1.55 bits per heavy atom. The van der Waals surface area contributed by atoms with E-state index in [0.717, 1.165) is 17.1 Å². The van der Waals surface area contributed by atoms with Crippen LogP contribution in [-0.2, 0) is 17.9 Å². The summed E-state index contributed by atoms with van der Waals surface area (Å²) in [7, 11) is 0. The molecule has 1 atom stereocenters. The number of carbonyl (C=O) groups is 1. The van der Waals surface area contributed by atoms with Gasteiger partial charge in [0.1, 0.15) is 5.76 Å². The van der Waals surface area contributed by atoms with Gasteiger partial charge in [-0.25, -0.2) is 0 Å². The van der Waals surface area contributed by atoms with Crippen molar-refractivity contribution in [2.24, 2.45) is 5.92 Å². The second kappa shape index (κ2) is 6.13. The number of aryl methyl sites for hydroxylation is 1.